The lowest BCUT2D eigenvalue weighted by atomic mass is 9.94. The standard InChI is InChI=1S/C10H17NO2.C9H19NO.C9H17NO.C9H16O/c1-6(2)8-5-9(12)11(7(3)4)10(8)13;2*1-7(2)5-6-9(11)10-8(3)4;1-7(2)5-6-9(10)8(3)4/h6-8H,5H2,1-4H3;7-8H,5-6H2,1-4H3,(H,10,11);5-8H,1-4H3,(H,10,11);5-8H,1-4H3. The molecule has 1 aliphatic heterocycles. The molecule has 0 spiro atoms. The fraction of sp³-hybridized carbons (Fsp3) is 0.757. The maximum Gasteiger partial charge on any atom is 0.243 e. The van der Waals surface area contributed by atoms with E-state index < -0.39 is 0 Å². The third-order valence-electron chi connectivity index (χ3n) is 6.22. The van der Waals surface area contributed by atoms with E-state index in [-0.39, 0.29) is 65.3 Å². The van der Waals surface area contributed by atoms with Gasteiger partial charge in [0.2, 0.25) is 23.6 Å². The fourth-order valence-corrected chi connectivity index (χ4v) is 3.64. The minimum Gasteiger partial charge on any atom is -0.354 e. The van der Waals surface area contributed by atoms with Gasteiger partial charge in [-0.1, -0.05) is 81.4 Å². The van der Waals surface area contributed by atoms with Crippen LogP contribution in [0.25, 0.3) is 0 Å². The lowest BCUT2D eigenvalue weighted by molar-refractivity contribution is -0.141. The number of ketones is 1. The van der Waals surface area contributed by atoms with Crippen LogP contribution in [0.1, 0.15) is 130 Å². The van der Waals surface area contributed by atoms with Gasteiger partial charge in [-0.25, -0.2) is 0 Å². The monoisotopic (exact) mass is 636 g/mol. The van der Waals surface area contributed by atoms with Crippen molar-refractivity contribution in [3.05, 3.63) is 24.3 Å². The Kier molecular flexibility index (Phi) is 26.4. The van der Waals surface area contributed by atoms with Crippen LogP contribution in [0.2, 0.25) is 0 Å². The van der Waals surface area contributed by atoms with Crippen LogP contribution in [0.15, 0.2) is 24.3 Å². The molecule has 0 aromatic carbocycles. The normalized spacial score (nSPS) is 14.9. The summed E-state index contributed by atoms with van der Waals surface area (Å²) in [6.45, 7) is 31.8. The van der Waals surface area contributed by atoms with Crippen LogP contribution in [0.4, 0.5) is 0 Å². The summed E-state index contributed by atoms with van der Waals surface area (Å²) < 4.78 is 0. The molecule has 0 saturated carbocycles. The number of carbonyl (C=O) groups is 5. The van der Waals surface area contributed by atoms with E-state index in [9.17, 15) is 24.0 Å². The summed E-state index contributed by atoms with van der Waals surface area (Å²) >= 11 is 0. The number of hydrogen-bond donors (Lipinski definition) is 2. The predicted molar refractivity (Wildman–Crippen MR) is 188 cm³/mol. The molecule has 1 saturated heterocycles. The van der Waals surface area contributed by atoms with Crippen LogP contribution in [-0.2, 0) is 24.0 Å². The van der Waals surface area contributed by atoms with E-state index in [0.717, 1.165) is 6.42 Å². The number of rotatable bonds is 12. The van der Waals surface area contributed by atoms with Gasteiger partial charge in [-0.2, -0.15) is 0 Å². The third-order valence-corrected chi connectivity index (χ3v) is 6.22. The van der Waals surface area contributed by atoms with Crippen LogP contribution < -0.4 is 10.6 Å². The van der Waals surface area contributed by atoms with Crippen molar-refractivity contribution in [1.29, 1.82) is 0 Å². The Bertz CT molecular complexity index is 928. The Hall–Kier alpha value is -2.77. The molecule has 4 amide bonds. The summed E-state index contributed by atoms with van der Waals surface area (Å²) in [5, 5.41) is 5.63. The van der Waals surface area contributed by atoms with Gasteiger partial charge in [-0.05, 0) is 83.8 Å². The van der Waals surface area contributed by atoms with Crippen LogP contribution in [0, 0.1) is 35.5 Å². The Morgan fingerprint density at radius 3 is 1.51 bits per heavy atom. The van der Waals surface area contributed by atoms with Crippen LogP contribution >= 0.6 is 0 Å². The zero-order chi connectivity index (χ0) is 36.0. The van der Waals surface area contributed by atoms with Crippen LogP contribution in [0.5, 0.6) is 0 Å². The molecule has 0 aliphatic carbocycles. The zero-order valence-electron chi connectivity index (χ0n) is 31.6. The highest BCUT2D eigenvalue weighted by molar-refractivity contribution is 6.03. The molecule has 0 aromatic heterocycles. The third kappa shape index (κ3) is 27.3. The first-order valence-electron chi connectivity index (χ1n) is 16.9. The van der Waals surface area contributed by atoms with Gasteiger partial charge in [0, 0.05) is 42.8 Å². The Morgan fingerprint density at radius 1 is 0.733 bits per heavy atom. The maximum absolute atomic E-state index is 11.7. The topological polar surface area (TPSA) is 113 Å². The lowest BCUT2D eigenvalue weighted by Crippen LogP contribution is -2.37. The van der Waals surface area contributed by atoms with Gasteiger partial charge in [0.1, 0.15) is 0 Å². The smallest absolute Gasteiger partial charge is 0.243 e. The Labute approximate surface area is 276 Å². The second kappa shape index (κ2) is 25.4. The molecule has 8 heteroatoms. The molecule has 1 heterocycles. The molecule has 0 aromatic rings. The summed E-state index contributed by atoms with van der Waals surface area (Å²) in [4.78, 5) is 57.5. The average Bonchev–Trinajstić information content (AvgIpc) is 3.19. The minimum atomic E-state index is -0.0881. The van der Waals surface area contributed by atoms with Crippen molar-refractivity contribution in [2.24, 2.45) is 35.5 Å². The SMILES string of the molecule is CC(C)C1CC(=O)N(C(C)C)C1=O.CC(C)C=CC(=O)C(C)C.CC(C)C=CC(=O)NC(C)C.CC(C)CCC(=O)NC(C)C. The molecule has 1 aliphatic rings. The summed E-state index contributed by atoms with van der Waals surface area (Å²) in [6.07, 6.45) is 9.13. The molecule has 1 unspecified atom stereocenters. The van der Waals surface area contributed by atoms with Gasteiger partial charge in [0.15, 0.2) is 5.78 Å². The molecular weight excluding hydrogens is 566 g/mol. The van der Waals surface area contributed by atoms with E-state index in [1.807, 2.05) is 95.2 Å². The summed E-state index contributed by atoms with van der Waals surface area (Å²) in [5.74, 6) is 2.22. The quantitative estimate of drug-likeness (QED) is 0.170. The van der Waals surface area contributed by atoms with Crippen molar-refractivity contribution in [3.8, 4) is 0 Å². The van der Waals surface area contributed by atoms with Gasteiger partial charge in [0.25, 0.3) is 0 Å². The highest BCUT2D eigenvalue weighted by atomic mass is 16.2. The van der Waals surface area contributed by atoms with Gasteiger partial charge < -0.3 is 10.6 Å². The molecular formula is C37H69N3O5. The number of amides is 4. The first-order valence-corrected chi connectivity index (χ1v) is 16.9. The molecule has 1 fully saturated rings. The van der Waals surface area contributed by atoms with E-state index >= 15 is 0 Å². The number of carbonyl (C=O) groups excluding carboxylic acids is 5. The van der Waals surface area contributed by atoms with E-state index in [4.69, 9.17) is 0 Å². The summed E-state index contributed by atoms with van der Waals surface area (Å²) in [7, 11) is 0. The number of imide groups is 1. The lowest BCUT2D eigenvalue weighted by Gasteiger charge is -2.19. The van der Waals surface area contributed by atoms with Crippen molar-refractivity contribution < 1.29 is 24.0 Å². The van der Waals surface area contributed by atoms with Gasteiger partial charge in [-0.3, -0.25) is 28.9 Å². The number of hydrogen-bond acceptors (Lipinski definition) is 5. The van der Waals surface area contributed by atoms with E-state index in [0.29, 0.717) is 30.6 Å². The maximum atomic E-state index is 11.7. The Balaban J connectivity index is -0.000000526. The highest BCUT2D eigenvalue weighted by Crippen LogP contribution is 2.27. The molecule has 45 heavy (non-hydrogen) atoms. The molecule has 262 valence electrons. The average molecular weight is 636 g/mol. The predicted octanol–water partition coefficient (Wildman–Crippen LogP) is 7.52. The van der Waals surface area contributed by atoms with Crippen molar-refractivity contribution in [1.82, 2.24) is 15.5 Å². The molecule has 8 nitrogen and oxygen atoms in total. The fourth-order valence-electron chi connectivity index (χ4n) is 3.64. The largest absolute Gasteiger partial charge is 0.354 e. The number of nitrogens with one attached hydrogen (secondary N) is 2. The van der Waals surface area contributed by atoms with Crippen LogP contribution in [-0.4, -0.2) is 52.4 Å². The number of allylic oxidation sites excluding steroid dienone is 3. The number of nitrogens with zero attached hydrogens (tertiary/aromatic N) is 1. The van der Waals surface area contributed by atoms with Gasteiger partial charge in [0.05, 0.1) is 0 Å². The van der Waals surface area contributed by atoms with Crippen molar-refractivity contribution in [2.45, 2.75) is 148 Å². The van der Waals surface area contributed by atoms with Crippen molar-refractivity contribution in [2.75, 3.05) is 0 Å². The van der Waals surface area contributed by atoms with Crippen LogP contribution in [0.3, 0.4) is 0 Å². The number of likely N-dealkylation sites (tertiary alicyclic amines) is 1. The first-order chi connectivity index (χ1) is 20.5. The van der Waals surface area contributed by atoms with Gasteiger partial charge in [-0.15, -0.1) is 0 Å². The molecule has 0 bridgehead atoms. The second-order valence-electron chi connectivity index (χ2n) is 14.3. The van der Waals surface area contributed by atoms with Gasteiger partial charge >= 0.3 is 0 Å². The second-order valence-corrected chi connectivity index (χ2v) is 14.3. The molecule has 0 radical (unpaired) electrons. The Morgan fingerprint density at radius 2 is 1.20 bits per heavy atom. The van der Waals surface area contributed by atoms with Crippen molar-refractivity contribution >= 4 is 29.4 Å². The van der Waals surface area contributed by atoms with E-state index in [2.05, 4.69) is 38.3 Å². The summed E-state index contributed by atoms with van der Waals surface area (Å²) in [5.41, 5.74) is 0. The zero-order valence-corrected chi connectivity index (χ0v) is 31.6. The molecule has 1 rings (SSSR count). The van der Waals surface area contributed by atoms with E-state index in [1.54, 1.807) is 12.2 Å². The first kappa shape index (κ1) is 46.6. The molecule has 1 atom stereocenters. The molecule has 2 N–H and O–H groups in total. The van der Waals surface area contributed by atoms with Crippen molar-refractivity contribution in [3.63, 3.8) is 0 Å². The summed E-state index contributed by atoms with van der Waals surface area (Å²) in [6, 6.07) is 0.498. The highest BCUT2D eigenvalue weighted by Gasteiger charge is 2.41. The van der Waals surface area contributed by atoms with E-state index in [1.165, 1.54) is 4.90 Å². The minimum absolute atomic E-state index is 0.00347.